The van der Waals surface area contributed by atoms with Gasteiger partial charge < -0.3 is 10.2 Å². The molecule has 164 valence electrons. The molecule has 0 unspecified atom stereocenters. The van der Waals surface area contributed by atoms with Gasteiger partial charge >= 0.3 is 6.03 Å². The van der Waals surface area contributed by atoms with Gasteiger partial charge in [0.05, 0.1) is 11.4 Å². The maximum atomic E-state index is 11.6. The Morgan fingerprint density at radius 2 is 1.72 bits per heavy atom. The number of benzene rings is 2. The van der Waals surface area contributed by atoms with Crippen molar-refractivity contribution in [1.82, 2.24) is 25.5 Å². The minimum atomic E-state index is -3.85. The Morgan fingerprint density at radius 1 is 1.03 bits per heavy atom. The van der Waals surface area contributed by atoms with Crippen molar-refractivity contribution in [1.29, 1.82) is 0 Å². The second-order valence-electron chi connectivity index (χ2n) is 6.65. The Hall–Kier alpha value is -4.07. The van der Waals surface area contributed by atoms with Gasteiger partial charge in [0.1, 0.15) is 11.4 Å². The number of urea groups is 1. The number of nitrogens with two attached hydrogens (primary N) is 2. The van der Waals surface area contributed by atoms with E-state index in [4.69, 9.17) is 15.3 Å². The Balaban J connectivity index is 1.82. The molecule has 0 radical (unpaired) electrons. The number of hydroxylamine groups is 2. The third kappa shape index (κ3) is 4.20. The van der Waals surface area contributed by atoms with E-state index in [0.29, 0.717) is 22.6 Å². The van der Waals surface area contributed by atoms with E-state index in [0.717, 1.165) is 0 Å². The second-order valence-corrected chi connectivity index (χ2v) is 8.21. The van der Waals surface area contributed by atoms with Crippen LogP contribution in [0.15, 0.2) is 63.9 Å². The Labute approximate surface area is 181 Å². The van der Waals surface area contributed by atoms with E-state index in [9.17, 15) is 18.4 Å². The molecule has 0 saturated heterocycles. The van der Waals surface area contributed by atoms with Crippen LogP contribution in [0.3, 0.4) is 0 Å². The zero-order chi connectivity index (χ0) is 22.9. The van der Waals surface area contributed by atoms with Gasteiger partial charge in [0.25, 0.3) is 0 Å². The van der Waals surface area contributed by atoms with Gasteiger partial charge in [0.15, 0.2) is 11.5 Å². The molecule has 0 saturated carbocycles. The lowest BCUT2D eigenvalue weighted by Crippen LogP contribution is -2.32. The van der Waals surface area contributed by atoms with Crippen LogP contribution in [-0.2, 0) is 16.6 Å². The maximum absolute atomic E-state index is 11.6. The quantitative estimate of drug-likeness (QED) is 0.249. The van der Waals surface area contributed by atoms with Gasteiger partial charge in [0.2, 0.25) is 15.9 Å². The van der Waals surface area contributed by atoms with Crippen LogP contribution in [0.1, 0.15) is 5.69 Å². The molecule has 2 heterocycles. The first-order valence-corrected chi connectivity index (χ1v) is 10.6. The molecule has 2 aromatic carbocycles. The summed E-state index contributed by atoms with van der Waals surface area (Å²) in [5.41, 5.74) is 7.08. The average Bonchev–Trinajstić information content (AvgIpc) is 3.40. The first kappa shape index (κ1) is 21.2. The number of carbonyl (C=O) groups is 1. The number of nitrogens with one attached hydrogen (secondary N) is 1. The highest BCUT2D eigenvalue weighted by Crippen LogP contribution is 2.36. The third-order valence-corrected chi connectivity index (χ3v) is 5.43. The number of primary amides is 1. The highest BCUT2D eigenvalue weighted by molar-refractivity contribution is 7.89. The monoisotopic (exact) mass is 455 g/mol. The molecule has 0 bridgehead atoms. The van der Waals surface area contributed by atoms with Crippen molar-refractivity contribution in [2.75, 3.05) is 0 Å². The van der Waals surface area contributed by atoms with Crippen molar-refractivity contribution in [2.45, 2.75) is 11.4 Å². The third-order valence-electron chi connectivity index (χ3n) is 4.50. The van der Waals surface area contributed by atoms with Crippen molar-refractivity contribution in [3.05, 3.63) is 60.3 Å². The van der Waals surface area contributed by atoms with Gasteiger partial charge in [-0.05, 0) is 12.1 Å². The van der Waals surface area contributed by atoms with Crippen LogP contribution in [0.4, 0.5) is 4.79 Å². The molecule has 12 nitrogen and oxygen atoms in total. The number of sulfonamides is 1. The summed E-state index contributed by atoms with van der Waals surface area (Å²) in [5, 5.41) is 25.4. The van der Waals surface area contributed by atoms with Crippen molar-refractivity contribution in [3.63, 3.8) is 0 Å². The van der Waals surface area contributed by atoms with Crippen molar-refractivity contribution >= 4 is 16.1 Å². The molecule has 6 N–H and O–H groups in total. The van der Waals surface area contributed by atoms with Gasteiger partial charge in [-0.1, -0.05) is 42.5 Å². The lowest BCUT2D eigenvalue weighted by atomic mass is 10.1. The SMILES string of the molecule is NC(=O)N(O)Cc1n[nH]nc1-c1nc(-c2ccc(S(N)(=O)=O)cc2)c(-c2ccccc2)o1. The number of oxazole rings is 1. The second kappa shape index (κ2) is 8.22. The summed E-state index contributed by atoms with van der Waals surface area (Å²) >= 11 is 0. The van der Waals surface area contributed by atoms with Crippen LogP contribution in [0.2, 0.25) is 0 Å². The summed E-state index contributed by atoms with van der Waals surface area (Å²) < 4.78 is 29.1. The number of amides is 2. The molecule has 32 heavy (non-hydrogen) atoms. The average molecular weight is 455 g/mol. The summed E-state index contributed by atoms with van der Waals surface area (Å²) in [5.74, 6) is 0.463. The fourth-order valence-electron chi connectivity index (χ4n) is 2.96. The van der Waals surface area contributed by atoms with Gasteiger partial charge in [-0.15, -0.1) is 0 Å². The zero-order valence-corrected chi connectivity index (χ0v) is 17.2. The molecule has 2 amide bonds. The number of hydrogen-bond acceptors (Lipinski definition) is 8. The minimum absolute atomic E-state index is 0.0421. The van der Waals surface area contributed by atoms with E-state index in [1.54, 1.807) is 12.1 Å². The van der Waals surface area contributed by atoms with Gasteiger partial charge in [-0.25, -0.2) is 28.4 Å². The summed E-state index contributed by atoms with van der Waals surface area (Å²) in [7, 11) is -3.85. The molecule has 0 aliphatic rings. The van der Waals surface area contributed by atoms with Crippen LogP contribution >= 0.6 is 0 Å². The van der Waals surface area contributed by atoms with E-state index in [1.807, 2.05) is 30.3 Å². The van der Waals surface area contributed by atoms with Gasteiger partial charge in [-0.3, -0.25) is 5.21 Å². The number of H-pyrrole nitrogens is 1. The smallest absolute Gasteiger partial charge is 0.338 e. The molecule has 0 spiro atoms. The van der Waals surface area contributed by atoms with Crippen LogP contribution < -0.4 is 10.9 Å². The number of nitrogens with zero attached hydrogens (tertiary/aromatic N) is 4. The Kier molecular flexibility index (Phi) is 5.44. The van der Waals surface area contributed by atoms with Crippen LogP contribution in [-0.4, -0.2) is 45.1 Å². The fraction of sp³-hybridized carbons (Fsp3) is 0.0526. The maximum Gasteiger partial charge on any atom is 0.338 e. The first-order valence-electron chi connectivity index (χ1n) is 9.09. The van der Waals surface area contributed by atoms with Crippen LogP contribution in [0.5, 0.6) is 0 Å². The lowest BCUT2D eigenvalue weighted by molar-refractivity contribution is -0.0478. The van der Waals surface area contributed by atoms with E-state index in [2.05, 4.69) is 20.4 Å². The topological polar surface area (TPSA) is 194 Å². The Morgan fingerprint density at radius 3 is 2.34 bits per heavy atom. The largest absolute Gasteiger partial charge is 0.434 e. The summed E-state index contributed by atoms with van der Waals surface area (Å²) in [6.07, 6.45) is 0. The van der Waals surface area contributed by atoms with Crippen molar-refractivity contribution in [2.24, 2.45) is 10.9 Å². The van der Waals surface area contributed by atoms with Crippen molar-refractivity contribution in [3.8, 4) is 34.2 Å². The number of hydrogen-bond donors (Lipinski definition) is 4. The van der Waals surface area contributed by atoms with E-state index in [1.165, 1.54) is 12.1 Å². The lowest BCUT2D eigenvalue weighted by Gasteiger charge is -2.09. The molecule has 0 fully saturated rings. The molecule has 4 rings (SSSR count). The predicted octanol–water partition coefficient (Wildman–Crippen LogP) is 1.71. The fourth-order valence-corrected chi connectivity index (χ4v) is 3.47. The van der Waals surface area contributed by atoms with E-state index < -0.39 is 16.1 Å². The molecule has 4 aromatic rings. The number of rotatable bonds is 6. The minimum Gasteiger partial charge on any atom is -0.434 e. The molecule has 13 heteroatoms. The van der Waals surface area contributed by atoms with Gasteiger partial charge in [-0.2, -0.15) is 15.4 Å². The first-order chi connectivity index (χ1) is 15.2. The van der Waals surface area contributed by atoms with Gasteiger partial charge in [0, 0.05) is 11.1 Å². The highest BCUT2D eigenvalue weighted by Gasteiger charge is 2.24. The summed E-state index contributed by atoms with van der Waals surface area (Å²) in [4.78, 5) is 15.6. The molecular formula is C19H17N7O5S. The molecular weight excluding hydrogens is 438 g/mol. The van der Waals surface area contributed by atoms with Crippen LogP contribution in [0.25, 0.3) is 34.2 Å². The highest BCUT2D eigenvalue weighted by atomic mass is 32.2. The van der Waals surface area contributed by atoms with E-state index in [-0.39, 0.29) is 33.8 Å². The normalized spacial score (nSPS) is 11.4. The number of primary sulfonamides is 1. The van der Waals surface area contributed by atoms with E-state index >= 15 is 0 Å². The van der Waals surface area contributed by atoms with Crippen LogP contribution in [0, 0.1) is 0 Å². The zero-order valence-electron chi connectivity index (χ0n) is 16.3. The molecule has 0 aliphatic heterocycles. The van der Waals surface area contributed by atoms with Crippen molar-refractivity contribution < 1.29 is 22.8 Å². The number of aromatic amines is 1. The predicted molar refractivity (Wildman–Crippen MR) is 111 cm³/mol. The molecule has 0 aliphatic carbocycles. The summed E-state index contributed by atoms with van der Waals surface area (Å²) in [6.45, 7) is -0.345. The molecule has 2 aromatic heterocycles. The summed E-state index contributed by atoms with van der Waals surface area (Å²) in [6, 6.07) is 13.9. The number of aromatic nitrogens is 4. The molecule has 0 atom stereocenters. The Bertz CT molecular complexity index is 1360. The number of carbonyl (C=O) groups excluding carboxylic acids is 1. The standard InChI is InChI=1S/C19H17N7O5S/c20-19(27)26(28)10-14-16(24-25-23-14)18-22-15(17(31-18)12-4-2-1-3-5-12)11-6-8-13(9-7-11)32(21,29)30/h1-9,28H,10H2,(H2,20,27)(H2,21,29,30)(H,23,24,25).